The Hall–Kier alpha value is -2.81. The van der Waals surface area contributed by atoms with E-state index in [4.69, 9.17) is 5.73 Å². The van der Waals surface area contributed by atoms with Crippen molar-refractivity contribution in [1.82, 2.24) is 19.9 Å². The molecule has 0 saturated carbocycles. The van der Waals surface area contributed by atoms with Crippen LogP contribution in [0.2, 0.25) is 0 Å². The number of aromatic nitrogens is 3. The van der Waals surface area contributed by atoms with Crippen molar-refractivity contribution in [2.45, 2.75) is 12.5 Å². The minimum Gasteiger partial charge on any atom is -0.336 e. The van der Waals surface area contributed by atoms with Gasteiger partial charge in [0.2, 0.25) is 0 Å². The Labute approximate surface area is 125 Å². The van der Waals surface area contributed by atoms with Crippen molar-refractivity contribution >= 4 is 11.6 Å². The fourth-order valence-corrected chi connectivity index (χ4v) is 2.37. The molecule has 1 fully saturated rings. The van der Waals surface area contributed by atoms with Crippen LogP contribution < -0.4 is 5.73 Å². The molecule has 0 aliphatic carbocycles. The fraction of sp³-hybridized carbons (Fsp3) is 0.308. The molecule has 22 heavy (non-hydrogen) atoms. The van der Waals surface area contributed by atoms with Gasteiger partial charge in [-0.25, -0.2) is 4.68 Å². The molecule has 2 heterocycles. The van der Waals surface area contributed by atoms with E-state index in [9.17, 15) is 14.9 Å². The Morgan fingerprint density at radius 1 is 1.45 bits per heavy atom. The van der Waals surface area contributed by atoms with Gasteiger partial charge in [0, 0.05) is 31.3 Å². The maximum absolute atomic E-state index is 12.3. The molecule has 3 rings (SSSR count). The lowest BCUT2D eigenvalue weighted by Crippen LogP contribution is -2.32. The predicted molar refractivity (Wildman–Crippen MR) is 76.5 cm³/mol. The topological polar surface area (TPSA) is 120 Å². The van der Waals surface area contributed by atoms with Crippen molar-refractivity contribution in [3.8, 4) is 5.69 Å². The zero-order valence-electron chi connectivity index (χ0n) is 11.6. The van der Waals surface area contributed by atoms with Crippen LogP contribution in [0.3, 0.4) is 0 Å². The van der Waals surface area contributed by atoms with E-state index >= 15 is 0 Å². The zero-order chi connectivity index (χ0) is 15.7. The molecule has 0 bridgehead atoms. The second-order valence-electron chi connectivity index (χ2n) is 5.13. The smallest absolute Gasteiger partial charge is 0.276 e. The molecule has 9 nitrogen and oxygen atoms in total. The molecule has 1 saturated heterocycles. The van der Waals surface area contributed by atoms with E-state index in [1.54, 1.807) is 17.0 Å². The molecule has 1 aliphatic rings. The van der Waals surface area contributed by atoms with Crippen molar-refractivity contribution in [1.29, 1.82) is 0 Å². The highest BCUT2D eigenvalue weighted by atomic mass is 16.6. The minimum absolute atomic E-state index is 0.00392. The van der Waals surface area contributed by atoms with Crippen LogP contribution >= 0.6 is 0 Å². The maximum atomic E-state index is 12.3. The third kappa shape index (κ3) is 2.66. The number of nitro groups is 1. The van der Waals surface area contributed by atoms with Crippen LogP contribution in [-0.4, -0.2) is 49.9 Å². The van der Waals surface area contributed by atoms with Gasteiger partial charge >= 0.3 is 0 Å². The van der Waals surface area contributed by atoms with E-state index in [-0.39, 0.29) is 23.3 Å². The molecule has 2 N–H and O–H groups in total. The lowest BCUT2D eigenvalue weighted by atomic mass is 10.3. The summed E-state index contributed by atoms with van der Waals surface area (Å²) in [5.74, 6) is -0.232. The van der Waals surface area contributed by atoms with Gasteiger partial charge in [0.25, 0.3) is 11.6 Å². The average Bonchev–Trinajstić information content (AvgIpc) is 3.15. The maximum Gasteiger partial charge on any atom is 0.276 e. The first-order valence-electron chi connectivity index (χ1n) is 6.76. The minimum atomic E-state index is -0.488. The second kappa shape index (κ2) is 5.53. The summed E-state index contributed by atoms with van der Waals surface area (Å²) in [5.41, 5.74) is 6.40. The summed E-state index contributed by atoms with van der Waals surface area (Å²) in [6, 6.07) is 5.96. The number of nitro benzene ring substituents is 1. The molecule has 1 aromatic carbocycles. The molecule has 9 heteroatoms. The van der Waals surface area contributed by atoms with Gasteiger partial charge in [0.05, 0.1) is 16.8 Å². The number of carbonyl (C=O) groups excluding carboxylic acids is 1. The number of amides is 1. The van der Waals surface area contributed by atoms with Crippen LogP contribution in [0, 0.1) is 10.1 Å². The van der Waals surface area contributed by atoms with Crippen molar-refractivity contribution < 1.29 is 9.72 Å². The quantitative estimate of drug-likeness (QED) is 0.645. The van der Waals surface area contributed by atoms with Gasteiger partial charge in [-0.05, 0) is 12.5 Å². The molecular formula is C13H14N6O3. The van der Waals surface area contributed by atoms with Gasteiger partial charge in [-0.2, -0.15) is 0 Å². The zero-order valence-corrected chi connectivity index (χ0v) is 11.6. The van der Waals surface area contributed by atoms with E-state index in [0.29, 0.717) is 18.8 Å². The third-order valence-electron chi connectivity index (χ3n) is 3.53. The summed E-state index contributed by atoms with van der Waals surface area (Å²) in [6.07, 6.45) is 2.23. The monoisotopic (exact) mass is 302 g/mol. The van der Waals surface area contributed by atoms with Crippen LogP contribution in [-0.2, 0) is 0 Å². The van der Waals surface area contributed by atoms with Crippen LogP contribution in [0.5, 0.6) is 0 Å². The summed E-state index contributed by atoms with van der Waals surface area (Å²) in [5, 5.41) is 18.5. The first-order valence-corrected chi connectivity index (χ1v) is 6.76. The highest BCUT2D eigenvalue weighted by molar-refractivity contribution is 5.92. The SMILES string of the molecule is N[C@@H]1CCN(C(=O)c2cn(-c3cccc([N+](=O)[O-])c3)nn2)C1. The van der Waals surface area contributed by atoms with Crippen LogP contribution in [0.4, 0.5) is 5.69 Å². The number of likely N-dealkylation sites (tertiary alicyclic amines) is 1. The number of nitrogens with two attached hydrogens (primary N) is 1. The van der Waals surface area contributed by atoms with E-state index < -0.39 is 4.92 Å². The lowest BCUT2D eigenvalue weighted by Gasteiger charge is -2.13. The number of rotatable bonds is 3. The van der Waals surface area contributed by atoms with Gasteiger partial charge in [-0.3, -0.25) is 14.9 Å². The van der Waals surface area contributed by atoms with E-state index in [1.807, 2.05) is 0 Å². The molecule has 0 spiro atoms. The van der Waals surface area contributed by atoms with Crippen LogP contribution in [0.15, 0.2) is 30.5 Å². The average molecular weight is 302 g/mol. The first kappa shape index (κ1) is 14.1. The molecule has 0 radical (unpaired) electrons. The largest absolute Gasteiger partial charge is 0.336 e. The second-order valence-corrected chi connectivity index (χ2v) is 5.13. The van der Waals surface area contributed by atoms with Gasteiger partial charge in [-0.1, -0.05) is 11.3 Å². The molecular weight excluding hydrogens is 288 g/mol. The third-order valence-corrected chi connectivity index (χ3v) is 3.53. The summed E-state index contributed by atoms with van der Waals surface area (Å²) >= 11 is 0. The number of benzene rings is 1. The van der Waals surface area contributed by atoms with Gasteiger partial charge < -0.3 is 10.6 Å². The molecule has 1 aliphatic heterocycles. The molecule has 1 aromatic heterocycles. The van der Waals surface area contributed by atoms with Crippen molar-refractivity contribution in [2.75, 3.05) is 13.1 Å². The van der Waals surface area contributed by atoms with E-state index in [0.717, 1.165) is 6.42 Å². The van der Waals surface area contributed by atoms with Crippen molar-refractivity contribution in [3.05, 3.63) is 46.3 Å². The Morgan fingerprint density at radius 2 is 2.27 bits per heavy atom. The highest BCUT2D eigenvalue weighted by Crippen LogP contribution is 2.17. The number of non-ortho nitro benzene ring substituents is 1. The number of carbonyl (C=O) groups is 1. The predicted octanol–water partition coefficient (Wildman–Crippen LogP) is 0.349. The molecule has 1 atom stereocenters. The highest BCUT2D eigenvalue weighted by Gasteiger charge is 2.26. The Kier molecular flexibility index (Phi) is 3.55. The van der Waals surface area contributed by atoms with E-state index in [2.05, 4.69) is 10.3 Å². The molecule has 1 amide bonds. The molecule has 0 unspecified atom stereocenters. The summed E-state index contributed by atoms with van der Waals surface area (Å²) in [6.45, 7) is 1.10. The van der Waals surface area contributed by atoms with Crippen molar-refractivity contribution in [3.63, 3.8) is 0 Å². The number of hydrogen-bond donors (Lipinski definition) is 1. The van der Waals surface area contributed by atoms with Gasteiger partial charge in [-0.15, -0.1) is 5.10 Å². The van der Waals surface area contributed by atoms with Gasteiger partial charge in [0.1, 0.15) is 0 Å². The van der Waals surface area contributed by atoms with Crippen LogP contribution in [0.1, 0.15) is 16.9 Å². The van der Waals surface area contributed by atoms with Crippen LogP contribution in [0.25, 0.3) is 5.69 Å². The first-order chi connectivity index (χ1) is 10.5. The lowest BCUT2D eigenvalue weighted by molar-refractivity contribution is -0.384. The van der Waals surface area contributed by atoms with E-state index in [1.165, 1.54) is 23.0 Å². The Balaban J connectivity index is 1.83. The Bertz CT molecular complexity index is 728. The Morgan fingerprint density at radius 3 is 2.95 bits per heavy atom. The molecule has 2 aromatic rings. The number of hydrogen-bond acceptors (Lipinski definition) is 6. The summed E-state index contributed by atoms with van der Waals surface area (Å²) in [7, 11) is 0. The van der Waals surface area contributed by atoms with Crippen molar-refractivity contribution in [2.24, 2.45) is 5.73 Å². The fourth-order valence-electron chi connectivity index (χ4n) is 2.37. The summed E-state index contributed by atoms with van der Waals surface area (Å²) < 4.78 is 1.34. The number of nitrogens with zero attached hydrogens (tertiary/aromatic N) is 5. The standard InChI is InChI=1S/C13H14N6O3/c14-9-4-5-17(7-9)13(20)12-8-18(16-15-12)10-2-1-3-11(6-10)19(21)22/h1-3,6,8-9H,4-5,7,14H2/t9-/m1/s1. The van der Waals surface area contributed by atoms with Gasteiger partial charge in [0.15, 0.2) is 5.69 Å². The normalized spacial score (nSPS) is 17.7. The molecule has 114 valence electrons. The summed E-state index contributed by atoms with van der Waals surface area (Å²) in [4.78, 5) is 24.2.